The van der Waals surface area contributed by atoms with Gasteiger partial charge in [0.15, 0.2) is 0 Å². The molecule has 0 atom stereocenters. The van der Waals surface area contributed by atoms with Crippen LogP contribution in [0.2, 0.25) is 0 Å². The molecule has 0 amide bonds. The number of carbonyl (C=O) groups is 6. The van der Waals surface area contributed by atoms with Gasteiger partial charge >= 0.3 is 35.8 Å². The molecule has 18 heteroatoms. The second-order valence-electron chi connectivity index (χ2n) is 11.3. The smallest absolute Gasteiger partial charge is 0.336 e. The number of benzene rings is 6. The van der Waals surface area contributed by atoms with Crippen molar-refractivity contribution in [2.75, 3.05) is 0 Å². The lowest BCUT2D eigenvalue weighted by molar-refractivity contribution is 0.0682. The van der Waals surface area contributed by atoms with Crippen molar-refractivity contribution in [3.8, 4) is 0 Å². The topological polar surface area (TPSA) is 224 Å². The summed E-state index contributed by atoms with van der Waals surface area (Å²) in [6.45, 7) is 0. The van der Waals surface area contributed by atoms with Gasteiger partial charge in [-0.3, -0.25) is 0 Å². The minimum atomic E-state index is -1.000. The lowest BCUT2D eigenvalue weighted by atomic mass is 10.2. The van der Waals surface area contributed by atoms with Crippen molar-refractivity contribution in [3.05, 3.63) is 179 Å². The first kappa shape index (κ1) is 46.9. The van der Waals surface area contributed by atoms with E-state index in [-0.39, 0.29) is 33.4 Å². The van der Waals surface area contributed by atoms with Crippen molar-refractivity contribution in [2.45, 2.75) is 29.4 Å². The molecule has 0 radical (unpaired) electrons. The van der Waals surface area contributed by atoms with Gasteiger partial charge in [-0.2, -0.15) is 0 Å². The molecule has 0 spiro atoms. The second kappa shape index (κ2) is 23.7. The summed E-state index contributed by atoms with van der Waals surface area (Å²) in [5.41, 5.74) is 1.24. The molecule has 0 saturated carbocycles. The van der Waals surface area contributed by atoms with Gasteiger partial charge in [-0.1, -0.05) is 138 Å². The molecule has 0 aliphatic rings. The van der Waals surface area contributed by atoms with E-state index in [9.17, 15) is 28.8 Å². The summed E-state index contributed by atoms with van der Waals surface area (Å²) in [6, 6.07) is 39.8. The Morgan fingerprint density at radius 1 is 0.233 bits per heavy atom. The third-order valence-electron chi connectivity index (χ3n) is 7.37. The van der Waals surface area contributed by atoms with Crippen molar-refractivity contribution in [2.24, 2.45) is 0 Å². The van der Waals surface area contributed by atoms with Crippen LogP contribution in [-0.4, -0.2) is 66.5 Å². The van der Waals surface area contributed by atoms with Gasteiger partial charge in [-0.25, -0.2) is 28.8 Å². The zero-order valence-corrected chi connectivity index (χ0v) is 35.3. The van der Waals surface area contributed by atoms with Crippen LogP contribution in [0.1, 0.15) is 62.1 Å². The van der Waals surface area contributed by atoms with Crippen LogP contribution in [0.25, 0.3) is 0 Å². The summed E-state index contributed by atoms with van der Waals surface area (Å²) in [5.74, 6) is -6.00. The predicted octanol–water partition coefficient (Wildman–Crippen LogP) is 11.6. The summed E-state index contributed by atoms with van der Waals surface area (Å²) in [4.78, 5) is 70.1. The fraction of sp³-hybridized carbons (Fsp3) is 0. The van der Waals surface area contributed by atoms with E-state index in [2.05, 4.69) is 0 Å². The largest absolute Gasteiger partial charge is 0.478 e. The van der Waals surface area contributed by atoms with Crippen LogP contribution >= 0.6 is 64.8 Å². The maximum Gasteiger partial charge on any atom is 0.336 e. The fourth-order valence-corrected chi connectivity index (χ4v) is 11.6. The lowest BCUT2D eigenvalue weighted by Crippen LogP contribution is -1.98. The highest BCUT2D eigenvalue weighted by molar-refractivity contribution is 8.77. The number of carboxylic acid groups (broad SMARTS) is 6. The Labute approximate surface area is 366 Å². The summed E-state index contributed by atoms with van der Waals surface area (Å²) >= 11 is 0. The molecule has 0 bridgehead atoms. The number of hydrogen-bond acceptors (Lipinski definition) is 12. The highest BCUT2D eigenvalue weighted by Gasteiger charge is 2.16. The Balaban J connectivity index is 0.000000198. The van der Waals surface area contributed by atoms with Gasteiger partial charge in [-0.15, -0.1) is 0 Å². The Hall–Kier alpha value is -5.76. The fourth-order valence-electron chi connectivity index (χ4n) is 4.57. The molecule has 306 valence electrons. The predicted molar refractivity (Wildman–Crippen MR) is 236 cm³/mol. The molecule has 6 rings (SSSR count). The maximum absolute atomic E-state index is 11.1. The van der Waals surface area contributed by atoms with Gasteiger partial charge in [-0.05, 0) is 72.8 Å². The normalized spacial score (nSPS) is 10.2. The first-order chi connectivity index (χ1) is 28.8. The number of aromatic carboxylic acids is 6. The van der Waals surface area contributed by atoms with E-state index in [1.807, 2.05) is 0 Å². The monoisotopic (exact) mass is 918 g/mol. The average Bonchev–Trinajstić information content (AvgIpc) is 3.25. The van der Waals surface area contributed by atoms with Crippen molar-refractivity contribution in [1.82, 2.24) is 0 Å². The van der Waals surface area contributed by atoms with Gasteiger partial charge in [0, 0.05) is 29.4 Å². The molecule has 60 heavy (non-hydrogen) atoms. The molecule has 0 aliphatic carbocycles. The van der Waals surface area contributed by atoms with Gasteiger partial charge in [0.25, 0.3) is 0 Å². The summed E-state index contributed by atoms with van der Waals surface area (Å²) < 4.78 is 0. The van der Waals surface area contributed by atoms with E-state index >= 15 is 0 Å². The third-order valence-corrected chi connectivity index (χ3v) is 14.8. The third kappa shape index (κ3) is 13.9. The lowest BCUT2D eigenvalue weighted by Gasteiger charge is -2.06. The first-order valence-corrected chi connectivity index (χ1v) is 23.2. The zero-order valence-electron chi connectivity index (χ0n) is 30.4. The van der Waals surface area contributed by atoms with E-state index in [1.165, 1.54) is 101 Å². The van der Waals surface area contributed by atoms with Crippen molar-refractivity contribution in [1.29, 1.82) is 0 Å². The second-order valence-corrected chi connectivity index (χ2v) is 17.9. The molecule has 6 aromatic rings. The van der Waals surface area contributed by atoms with Gasteiger partial charge in [0.1, 0.15) is 0 Å². The van der Waals surface area contributed by atoms with Crippen LogP contribution < -0.4 is 0 Å². The molecule has 6 N–H and O–H groups in total. The SMILES string of the molecule is O=C(O)c1ccccc1SSc1ccccc1C(=O)O.O=C(O)c1ccccc1SSc1ccccc1C(=O)O.O=C(O)c1ccccc1SSc1ccccc1C(=O)O. The standard InChI is InChI=1S/3C14H10O4S2/c3*15-13(16)9-5-1-3-7-11(9)19-20-12-8-4-2-6-10(12)14(17)18/h3*1-8H,(H,15,16)(H,17,18). The molecule has 0 heterocycles. The number of hydrogen-bond donors (Lipinski definition) is 6. The Morgan fingerprint density at radius 2 is 0.350 bits per heavy atom. The Morgan fingerprint density at radius 3 is 0.467 bits per heavy atom. The number of rotatable bonds is 15. The van der Waals surface area contributed by atoms with Crippen molar-refractivity contribution >= 4 is 101 Å². The van der Waals surface area contributed by atoms with Crippen LogP contribution in [-0.2, 0) is 0 Å². The summed E-state index contributed by atoms with van der Waals surface area (Å²) in [6.07, 6.45) is 0. The van der Waals surface area contributed by atoms with Crippen LogP contribution in [0.5, 0.6) is 0 Å². The first-order valence-electron chi connectivity index (χ1n) is 16.8. The molecule has 0 saturated heterocycles. The van der Waals surface area contributed by atoms with E-state index in [0.29, 0.717) is 29.4 Å². The van der Waals surface area contributed by atoms with Crippen LogP contribution in [0.3, 0.4) is 0 Å². The molecule has 6 aromatic carbocycles. The van der Waals surface area contributed by atoms with Crippen LogP contribution in [0.15, 0.2) is 175 Å². The molecular formula is C42H30O12S6. The molecule has 0 aromatic heterocycles. The quantitative estimate of drug-likeness (QED) is 0.0527. The molecule has 0 fully saturated rings. The minimum Gasteiger partial charge on any atom is -0.478 e. The zero-order chi connectivity index (χ0) is 43.6. The molecule has 0 unspecified atom stereocenters. The molecule has 12 nitrogen and oxygen atoms in total. The highest BCUT2D eigenvalue weighted by atomic mass is 33.1. The Kier molecular flexibility index (Phi) is 18.6. The van der Waals surface area contributed by atoms with Crippen LogP contribution in [0, 0.1) is 0 Å². The van der Waals surface area contributed by atoms with Crippen molar-refractivity contribution in [3.63, 3.8) is 0 Å². The molecule has 0 aliphatic heterocycles. The van der Waals surface area contributed by atoms with E-state index < -0.39 is 35.8 Å². The average molecular weight is 919 g/mol. The van der Waals surface area contributed by atoms with E-state index in [0.717, 1.165) is 0 Å². The van der Waals surface area contributed by atoms with Gasteiger partial charge in [0.2, 0.25) is 0 Å². The highest BCUT2D eigenvalue weighted by Crippen LogP contribution is 2.42. The van der Waals surface area contributed by atoms with Gasteiger partial charge in [0.05, 0.1) is 33.4 Å². The van der Waals surface area contributed by atoms with E-state index in [1.54, 1.807) is 109 Å². The van der Waals surface area contributed by atoms with Crippen molar-refractivity contribution < 1.29 is 59.4 Å². The van der Waals surface area contributed by atoms with Gasteiger partial charge < -0.3 is 30.6 Å². The summed E-state index contributed by atoms with van der Waals surface area (Å²) in [7, 11) is 7.40. The maximum atomic E-state index is 11.1. The Bertz CT molecular complexity index is 2070. The minimum absolute atomic E-state index is 0.206. The number of carboxylic acids is 6. The van der Waals surface area contributed by atoms with Crippen LogP contribution in [0.4, 0.5) is 0 Å². The molecular weight excluding hydrogens is 889 g/mol. The van der Waals surface area contributed by atoms with E-state index in [4.69, 9.17) is 30.6 Å². The summed E-state index contributed by atoms with van der Waals surface area (Å²) in [5, 5.41) is 54.5.